The van der Waals surface area contributed by atoms with Crippen molar-refractivity contribution in [3.63, 3.8) is 0 Å². The molecule has 2 aliphatic heterocycles. The number of amides is 1. The number of aromatic nitrogens is 1. The van der Waals surface area contributed by atoms with E-state index >= 15 is 0 Å². The van der Waals surface area contributed by atoms with Crippen molar-refractivity contribution < 1.29 is 14.3 Å². The molecule has 1 atom stereocenters. The minimum absolute atomic E-state index is 0.345. The normalized spacial score (nSPS) is 18.2. The fourth-order valence-electron chi connectivity index (χ4n) is 5.66. The van der Waals surface area contributed by atoms with Gasteiger partial charge in [-0.15, -0.1) is 0 Å². The molecule has 1 aromatic heterocycles. The molecule has 6 rings (SSSR count). The number of hydrogen-bond acceptors (Lipinski definition) is 4. The first-order valence-corrected chi connectivity index (χ1v) is 14.2. The van der Waals surface area contributed by atoms with Crippen LogP contribution < -0.4 is 9.47 Å². The first-order chi connectivity index (χ1) is 18.9. The number of nitrogens with one attached hydrogen (secondary N) is 1. The zero-order chi connectivity index (χ0) is 26.9. The third-order valence-electron chi connectivity index (χ3n) is 7.86. The molecule has 3 aromatic carbocycles. The van der Waals surface area contributed by atoms with Crippen LogP contribution in [-0.2, 0) is 6.42 Å². The number of aromatic amines is 1. The molecule has 3 heterocycles. The van der Waals surface area contributed by atoms with E-state index in [1.165, 1.54) is 5.56 Å². The molecule has 202 valence electrons. The van der Waals surface area contributed by atoms with Gasteiger partial charge in [-0.25, -0.2) is 4.79 Å². The summed E-state index contributed by atoms with van der Waals surface area (Å²) in [6.07, 6.45) is 2.61. The fourth-order valence-corrected chi connectivity index (χ4v) is 5.95. The van der Waals surface area contributed by atoms with Crippen molar-refractivity contribution >= 4 is 40.2 Å². The van der Waals surface area contributed by atoms with Gasteiger partial charge in [0.05, 0.1) is 6.61 Å². The number of fused-ring (bicyclic) bond motifs is 3. The van der Waals surface area contributed by atoms with E-state index in [2.05, 4.69) is 16.9 Å². The first kappa shape index (κ1) is 26.1. The third kappa shape index (κ3) is 5.60. The molecule has 6 nitrogen and oxygen atoms in total. The van der Waals surface area contributed by atoms with Gasteiger partial charge in [-0.2, -0.15) is 0 Å². The number of likely N-dealkylation sites (tertiary alicyclic amines) is 1. The monoisotopic (exact) mass is 563 g/mol. The number of hydrogen-bond donors (Lipinski definition) is 1. The van der Waals surface area contributed by atoms with Crippen LogP contribution in [-0.4, -0.2) is 54.2 Å². The molecule has 1 N–H and O–H groups in total. The van der Waals surface area contributed by atoms with Crippen LogP contribution in [0.25, 0.3) is 10.9 Å². The molecule has 2 aliphatic rings. The zero-order valence-corrected chi connectivity index (χ0v) is 23.3. The number of nitrogens with zero attached hydrogens (tertiary/aromatic N) is 2. The summed E-state index contributed by atoms with van der Waals surface area (Å²) in [4.78, 5) is 21.2. The van der Waals surface area contributed by atoms with Crippen LogP contribution in [0, 0.1) is 5.92 Å². The number of H-pyrrole nitrogens is 1. The zero-order valence-electron chi connectivity index (χ0n) is 21.8. The van der Waals surface area contributed by atoms with Gasteiger partial charge in [0.25, 0.3) is 0 Å². The smallest absolute Gasteiger partial charge is 0.416 e. The second-order valence-electron chi connectivity index (χ2n) is 10.5. The predicted octanol–water partition coefficient (Wildman–Crippen LogP) is 7.34. The Morgan fingerprint density at radius 3 is 2.36 bits per heavy atom. The van der Waals surface area contributed by atoms with E-state index in [0.717, 1.165) is 60.4 Å². The second kappa shape index (κ2) is 11.1. The maximum Gasteiger partial charge on any atom is 0.416 e. The van der Waals surface area contributed by atoms with Crippen LogP contribution in [0.2, 0.25) is 10.0 Å². The van der Waals surface area contributed by atoms with Crippen molar-refractivity contribution in [3.8, 4) is 11.5 Å². The summed E-state index contributed by atoms with van der Waals surface area (Å²) in [5.74, 6) is 1.88. The van der Waals surface area contributed by atoms with Gasteiger partial charge in [0.2, 0.25) is 0 Å². The Morgan fingerprint density at radius 1 is 0.923 bits per heavy atom. The number of carbonyl (C=O) groups is 1. The van der Waals surface area contributed by atoms with Gasteiger partial charge in [-0.1, -0.05) is 35.3 Å². The molecule has 1 unspecified atom stereocenters. The molecule has 1 amide bonds. The van der Waals surface area contributed by atoms with Gasteiger partial charge < -0.3 is 19.4 Å². The number of ether oxygens (including phenoxy) is 2. The van der Waals surface area contributed by atoms with E-state index < -0.39 is 6.09 Å². The topological polar surface area (TPSA) is 57.8 Å². The minimum Gasteiger partial charge on any atom is -0.493 e. The molecular weight excluding hydrogens is 533 g/mol. The summed E-state index contributed by atoms with van der Waals surface area (Å²) in [6.45, 7) is 3.48. The van der Waals surface area contributed by atoms with Crippen LogP contribution in [0.3, 0.4) is 0 Å². The summed E-state index contributed by atoms with van der Waals surface area (Å²) >= 11 is 12.4. The molecule has 0 radical (unpaired) electrons. The maximum atomic E-state index is 13.5. The lowest BCUT2D eigenvalue weighted by Crippen LogP contribution is -2.42. The standard InChI is InChI=1S/C31H31Cl2N3O3/c1-35-15-12-20(13-16-35)19-38-24-7-2-21(3-8-24)30-29-26(27-18-23(33)6-11-28(27)34-29)14-17-36(30)31(37)39-25-9-4-22(32)5-10-25/h2-11,18,20,30,34H,12-17,19H2,1H3. The molecule has 0 bridgehead atoms. The molecule has 0 saturated carbocycles. The maximum absolute atomic E-state index is 13.5. The van der Waals surface area contributed by atoms with Gasteiger partial charge in [0, 0.05) is 33.2 Å². The average Bonchev–Trinajstić information content (AvgIpc) is 3.31. The largest absolute Gasteiger partial charge is 0.493 e. The Kier molecular flexibility index (Phi) is 7.43. The van der Waals surface area contributed by atoms with Crippen molar-refractivity contribution in [1.82, 2.24) is 14.8 Å². The number of benzene rings is 3. The Bertz CT molecular complexity index is 1460. The Labute approximate surface area is 238 Å². The quantitative estimate of drug-likeness (QED) is 0.276. The molecule has 39 heavy (non-hydrogen) atoms. The SMILES string of the molecule is CN1CCC(COc2ccc(C3c4[nH]c5ccc(Cl)cc5c4CCN3C(=O)Oc3ccc(Cl)cc3)cc2)CC1. The summed E-state index contributed by atoms with van der Waals surface area (Å²) in [7, 11) is 2.17. The highest BCUT2D eigenvalue weighted by atomic mass is 35.5. The van der Waals surface area contributed by atoms with Gasteiger partial charge >= 0.3 is 6.09 Å². The van der Waals surface area contributed by atoms with Gasteiger partial charge in [-0.05, 0) is 111 Å². The van der Waals surface area contributed by atoms with Crippen LogP contribution in [0.5, 0.6) is 11.5 Å². The van der Waals surface area contributed by atoms with Crippen LogP contribution in [0.1, 0.15) is 35.7 Å². The van der Waals surface area contributed by atoms with Gasteiger partial charge in [-0.3, -0.25) is 4.90 Å². The first-order valence-electron chi connectivity index (χ1n) is 13.4. The van der Waals surface area contributed by atoms with E-state index in [-0.39, 0.29) is 6.04 Å². The molecular formula is C31H31Cl2N3O3. The van der Waals surface area contributed by atoms with E-state index in [0.29, 0.717) is 34.7 Å². The fraction of sp³-hybridized carbons (Fsp3) is 0.323. The van der Waals surface area contributed by atoms with Gasteiger partial charge in [0.15, 0.2) is 0 Å². The predicted molar refractivity (Wildman–Crippen MR) is 155 cm³/mol. The number of rotatable bonds is 5. The summed E-state index contributed by atoms with van der Waals surface area (Å²) in [6, 6.07) is 20.4. The average molecular weight is 565 g/mol. The Balaban J connectivity index is 1.28. The van der Waals surface area contributed by atoms with Crippen LogP contribution in [0.4, 0.5) is 4.79 Å². The molecule has 1 saturated heterocycles. The van der Waals surface area contributed by atoms with Crippen molar-refractivity contribution in [2.75, 3.05) is 33.3 Å². The van der Waals surface area contributed by atoms with Crippen molar-refractivity contribution in [2.45, 2.75) is 25.3 Å². The highest BCUT2D eigenvalue weighted by Gasteiger charge is 2.36. The van der Waals surface area contributed by atoms with E-state index in [1.54, 1.807) is 29.2 Å². The molecule has 8 heteroatoms. The number of piperidine rings is 1. The molecule has 1 fully saturated rings. The lowest BCUT2D eigenvalue weighted by atomic mass is 9.92. The van der Waals surface area contributed by atoms with E-state index in [9.17, 15) is 4.79 Å². The lowest BCUT2D eigenvalue weighted by molar-refractivity contribution is 0.135. The van der Waals surface area contributed by atoms with Crippen molar-refractivity contribution in [1.29, 1.82) is 0 Å². The third-order valence-corrected chi connectivity index (χ3v) is 8.35. The Hall–Kier alpha value is -3.19. The van der Waals surface area contributed by atoms with Crippen molar-refractivity contribution in [3.05, 3.63) is 93.6 Å². The van der Waals surface area contributed by atoms with Gasteiger partial charge in [0.1, 0.15) is 17.5 Å². The second-order valence-corrected chi connectivity index (χ2v) is 11.4. The molecule has 0 spiro atoms. The van der Waals surface area contributed by atoms with E-state index in [1.807, 2.05) is 42.5 Å². The lowest BCUT2D eigenvalue weighted by Gasteiger charge is -2.35. The highest BCUT2D eigenvalue weighted by molar-refractivity contribution is 6.31. The minimum atomic E-state index is -0.410. The summed E-state index contributed by atoms with van der Waals surface area (Å²) in [5, 5.41) is 2.37. The Morgan fingerprint density at radius 2 is 1.62 bits per heavy atom. The summed E-state index contributed by atoms with van der Waals surface area (Å²) in [5.41, 5.74) is 4.14. The van der Waals surface area contributed by atoms with Crippen LogP contribution in [0.15, 0.2) is 66.7 Å². The number of carbonyl (C=O) groups excluding carboxylic acids is 1. The van der Waals surface area contributed by atoms with Crippen molar-refractivity contribution in [2.24, 2.45) is 5.92 Å². The molecule has 0 aliphatic carbocycles. The van der Waals surface area contributed by atoms with E-state index in [4.69, 9.17) is 32.7 Å². The highest BCUT2D eigenvalue weighted by Crippen LogP contribution is 2.40. The van der Waals surface area contributed by atoms with Crippen LogP contribution >= 0.6 is 23.2 Å². The molecule has 4 aromatic rings. The number of halogens is 2. The summed E-state index contributed by atoms with van der Waals surface area (Å²) < 4.78 is 11.9.